The highest BCUT2D eigenvalue weighted by molar-refractivity contribution is 5.41. The fourth-order valence-electron chi connectivity index (χ4n) is 2.18. The summed E-state index contributed by atoms with van der Waals surface area (Å²) in [6.07, 6.45) is -4.47. The van der Waals surface area contributed by atoms with E-state index in [-0.39, 0.29) is 5.56 Å². The molecule has 1 nitrogen and oxygen atoms in total. The average Bonchev–Trinajstić information content (AvgIpc) is 2.37. The van der Waals surface area contributed by atoms with Crippen LogP contribution in [-0.2, 0) is 6.18 Å². The third kappa shape index (κ3) is 2.82. The Bertz CT molecular complexity index is 620. The summed E-state index contributed by atoms with van der Waals surface area (Å²) in [6.45, 7) is 1.62. The van der Waals surface area contributed by atoms with Crippen LogP contribution in [0.3, 0.4) is 0 Å². The van der Waals surface area contributed by atoms with Gasteiger partial charge in [-0.2, -0.15) is 13.2 Å². The third-order valence-electron chi connectivity index (χ3n) is 3.17. The first-order valence-electron chi connectivity index (χ1n) is 5.98. The molecular formula is C15H13F4N. The summed E-state index contributed by atoms with van der Waals surface area (Å²) in [4.78, 5) is 0. The van der Waals surface area contributed by atoms with Gasteiger partial charge in [0, 0.05) is 0 Å². The van der Waals surface area contributed by atoms with Gasteiger partial charge in [0.1, 0.15) is 5.82 Å². The molecule has 0 radical (unpaired) electrons. The van der Waals surface area contributed by atoms with Crippen LogP contribution in [0.4, 0.5) is 17.6 Å². The number of alkyl halides is 3. The Hall–Kier alpha value is -1.88. The maximum atomic E-state index is 13.1. The summed E-state index contributed by atoms with van der Waals surface area (Å²) in [5.41, 5.74) is 6.15. The summed E-state index contributed by atoms with van der Waals surface area (Å²) >= 11 is 0. The zero-order valence-corrected chi connectivity index (χ0v) is 10.7. The van der Waals surface area contributed by atoms with E-state index in [4.69, 9.17) is 5.73 Å². The van der Waals surface area contributed by atoms with Crippen molar-refractivity contribution < 1.29 is 17.6 Å². The van der Waals surface area contributed by atoms with Crippen molar-refractivity contribution in [3.8, 4) is 0 Å². The van der Waals surface area contributed by atoms with Gasteiger partial charge >= 0.3 is 6.18 Å². The van der Waals surface area contributed by atoms with Crippen molar-refractivity contribution >= 4 is 0 Å². The summed E-state index contributed by atoms with van der Waals surface area (Å²) in [6, 6.07) is 8.07. The standard InChI is InChI=1S/C15H13F4N/c1-9-8-10(16)6-7-11(9)14(20)12-4-2-3-5-13(12)15(17,18)19/h2-8,14H,20H2,1H3. The fraction of sp³-hybridized carbons (Fsp3) is 0.200. The van der Waals surface area contributed by atoms with E-state index in [1.807, 2.05) is 0 Å². The molecule has 0 heterocycles. The van der Waals surface area contributed by atoms with Gasteiger partial charge in [-0.15, -0.1) is 0 Å². The Balaban J connectivity index is 2.51. The molecule has 0 aliphatic carbocycles. The van der Waals surface area contributed by atoms with Crippen LogP contribution < -0.4 is 5.73 Å². The van der Waals surface area contributed by atoms with E-state index in [0.717, 1.165) is 6.07 Å². The second-order valence-electron chi connectivity index (χ2n) is 4.56. The molecule has 5 heteroatoms. The number of rotatable bonds is 2. The summed E-state index contributed by atoms with van der Waals surface area (Å²) < 4.78 is 52.0. The van der Waals surface area contributed by atoms with E-state index in [1.165, 1.54) is 36.4 Å². The molecule has 0 saturated heterocycles. The predicted molar refractivity (Wildman–Crippen MR) is 68.6 cm³/mol. The molecule has 106 valence electrons. The lowest BCUT2D eigenvalue weighted by Gasteiger charge is -2.20. The highest BCUT2D eigenvalue weighted by Gasteiger charge is 2.34. The normalized spacial score (nSPS) is 13.3. The van der Waals surface area contributed by atoms with Gasteiger partial charge in [-0.3, -0.25) is 0 Å². The second-order valence-corrected chi connectivity index (χ2v) is 4.56. The second kappa shape index (κ2) is 5.25. The van der Waals surface area contributed by atoms with Crippen molar-refractivity contribution in [1.82, 2.24) is 0 Å². The van der Waals surface area contributed by atoms with Crippen molar-refractivity contribution in [3.63, 3.8) is 0 Å². The van der Waals surface area contributed by atoms with Gasteiger partial charge in [0.25, 0.3) is 0 Å². The first kappa shape index (κ1) is 14.5. The minimum Gasteiger partial charge on any atom is -0.320 e. The number of aryl methyl sites for hydroxylation is 1. The molecule has 2 aromatic rings. The highest BCUT2D eigenvalue weighted by Crippen LogP contribution is 2.36. The van der Waals surface area contributed by atoms with Crippen LogP contribution >= 0.6 is 0 Å². The lowest BCUT2D eigenvalue weighted by molar-refractivity contribution is -0.138. The molecule has 1 unspecified atom stereocenters. The molecule has 0 spiro atoms. The molecule has 20 heavy (non-hydrogen) atoms. The first-order chi connectivity index (χ1) is 9.30. The number of hydrogen-bond acceptors (Lipinski definition) is 1. The van der Waals surface area contributed by atoms with Crippen molar-refractivity contribution in [2.75, 3.05) is 0 Å². The number of hydrogen-bond donors (Lipinski definition) is 1. The number of benzene rings is 2. The lowest BCUT2D eigenvalue weighted by atomic mass is 9.92. The molecular weight excluding hydrogens is 270 g/mol. The van der Waals surface area contributed by atoms with Gasteiger partial charge < -0.3 is 5.73 Å². The van der Waals surface area contributed by atoms with E-state index >= 15 is 0 Å². The molecule has 0 saturated carbocycles. The topological polar surface area (TPSA) is 26.0 Å². The minimum atomic E-state index is -4.47. The molecule has 0 bridgehead atoms. The average molecular weight is 283 g/mol. The van der Waals surface area contributed by atoms with Gasteiger partial charge in [0.2, 0.25) is 0 Å². The summed E-state index contributed by atoms with van der Waals surface area (Å²) in [5.74, 6) is -0.442. The minimum absolute atomic E-state index is 0.0188. The zero-order valence-electron chi connectivity index (χ0n) is 10.7. The predicted octanol–water partition coefficient (Wildman–Crippen LogP) is 4.20. The maximum absolute atomic E-state index is 13.1. The van der Waals surface area contributed by atoms with E-state index in [9.17, 15) is 17.6 Å². The molecule has 2 N–H and O–H groups in total. The van der Waals surface area contributed by atoms with Crippen molar-refractivity contribution in [2.24, 2.45) is 5.73 Å². The van der Waals surface area contributed by atoms with E-state index in [0.29, 0.717) is 11.1 Å². The highest BCUT2D eigenvalue weighted by atomic mass is 19.4. The van der Waals surface area contributed by atoms with Crippen molar-refractivity contribution in [2.45, 2.75) is 19.1 Å². The van der Waals surface area contributed by atoms with Gasteiger partial charge in [0.15, 0.2) is 0 Å². The van der Waals surface area contributed by atoms with Gasteiger partial charge in [-0.25, -0.2) is 4.39 Å². The molecule has 1 atom stereocenters. The molecule has 2 aromatic carbocycles. The van der Waals surface area contributed by atoms with E-state index < -0.39 is 23.6 Å². The maximum Gasteiger partial charge on any atom is 0.416 e. The van der Waals surface area contributed by atoms with Gasteiger partial charge in [-0.05, 0) is 41.8 Å². The smallest absolute Gasteiger partial charge is 0.320 e. The molecule has 0 fully saturated rings. The SMILES string of the molecule is Cc1cc(F)ccc1C(N)c1ccccc1C(F)(F)F. The molecule has 0 amide bonds. The van der Waals surface area contributed by atoms with Crippen molar-refractivity contribution in [3.05, 3.63) is 70.5 Å². The van der Waals surface area contributed by atoms with Gasteiger partial charge in [0.05, 0.1) is 11.6 Å². The Labute approximate surface area is 114 Å². The summed E-state index contributed by atoms with van der Waals surface area (Å²) in [5, 5.41) is 0. The Morgan fingerprint density at radius 1 is 1.00 bits per heavy atom. The third-order valence-corrected chi connectivity index (χ3v) is 3.17. The number of halogens is 4. The van der Waals surface area contributed by atoms with Crippen LogP contribution in [0, 0.1) is 12.7 Å². The molecule has 2 rings (SSSR count). The Morgan fingerprint density at radius 2 is 1.65 bits per heavy atom. The largest absolute Gasteiger partial charge is 0.416 e. The summed E-state index contributed by atoms with van der Waals surface area (Å²) in [7, 11) is 0. The fourth-order valence-corrected chi connectivity index (χ4v) is 2.18. The monoisotopic (exact) mass is 283 g/mol. The lowest BCUT2D eigenvalue weighted by Crippen LogP contribution is -2.19. The molecule has 0 aliphatic heterocycles. The molecule has 0 aromatic heterocycles. The first-order valence-corrected chi connectivity index (χ1v) is 5.98. The quantitative estimate of drug-likeness (QED) is 0.821. The van der Waals surface area contributed by atoms with E-state index in [1.54, 1.807) is 6.92 Å². The van der Waals surface area contributed by atoms with Crippen LogP contribution in [-0.4, -0.2) is 0 Å². The van der Waals surface area contributed by atoms with Crippen LogP contribution in [0.5, 0.6) is 0 Å². The van der Waals surface area contributed by atoms with Crippen LogP contribution in [0.2, 0.25) is 0 Å². The van der Waals surface area contributed by atoms with E-state index in [2.05, 4.69) is 0 Å². The van der Waals surface area contributed by atoms with Crippen LogP contribution in [0.1, 0.15) is 28.3 Å². The number of nitrogens with two attached hydrogens (primary N) is 1. The zero-order chi connectivity index (χ0) is 14.9. The molecule has 0 aliphatic rings. The van der Waals surface area contributed by atoms with Crippen LogP contribution in [0.25, 0.3) is 0 Å². The Kier molecular flexibility index (Phi) is 3.81. The van der Waals surface area contributed by atoms with Crippen LogP contribution in [0.15, 0.2) is 42.5 Å². The Morgan fingerprint density at radius 3 is 2.25 bits per heavy atom. The van der Waals surface area contributed by atoms with Crippen molar-refractivity contribution in [1.29, 1.82) is 0 Å². The van der Waals surface area contributed by atoms with Gasteiger partial charge in [-0.1, -0.05) is 24.3 Å².